The van der Waals surface area contributed by atoms with E-state index < -0.39 is 9.05 Å². The molecular weight excluding hydrogens is 282 g/mol. The number of nitrogens with one attached hydrogen (secondary N) is 1. The lowest BCUT2D eigenvalue weighted by molar-refractivity contribution is -0.127. The fraction of sp³-hybridized carbons (Fsp3) is 0.500. The molecule has 4 nitrogen and oxygen atoms in total. The molecule has 0 radical (unpaired) electrons. The van der Waals surface area contributed by atoms with Gasteiger partial charge in [-0.3, -0.25) is 4.79 Å². The Morgan fingerprint density at radius 1 is 1.47 bits per heavy atom. The van der Waals surface area contributed by atoms with Crippen molar-refractivity contribution < 1.29 is 13.2 Å². The van der Waals surface area contributed by atoms with E-state index in [4.69, 9.17) is 10.7 Å². The topological polar surface area (TPSA) is 63.2 Å². The zero-order chi connectivity index (χ0) is 12.5. The lowest BCUT2D eigenvalue weighted by Crippen LogP contribution is -2.33. The third-order valence-corrected chi connectivity index (χ3v) is 5.97. The van der Waals surface area contributed by atoms with Crippen LogP contribution in [0, 0.1) is 5.92 Å². The van der Waals surface area contributed by atoms with Crippen LogP contribution in [0.5, 0.6) is 0 Å². The molecule has 1 aromatic rings. The monoisotopic (exact) mass is 293 g/mol. The van der Waals surface area contributed by atoms with Gasteiger partial charge in [0.15, 0.2) is 0 Å². The van der Waals surface area contributed by atoms with Crippen LogP contribution in [0.4, 0.5) is 0 Å². The molecule has 0 unspecified atom stereocenters. The maximum absolute atomic E-state index is 11.6. The molecule has 0 saturated heterocycles. The molecule has 0 atom stereocenters. The molecule has 1 aromatic heterocycles. The molecule has 1 aliphatic carbocycles. The van der Waals surface area contributed by atoms with Crippen LogP contribution in [-0.2, 0) is 20.4 Å². The Hall–Kier alpha value is -0.590. The Morgan fingerprint density at radius 3 is 2.65 bits per heavy atom. The van der Waals surface area contributed by atoms with Gasteiger partial charge in [0, 0.05) is 21.5 Å². The van der Waals surface area contributed by atoms with Crippen LogP contribution in [-0.4, -0.2) is 14.3 Å². The summed E-state index contributed by atoms with van der Waals surface area (Å²) in [5.74, 6) is 0.200. The van der Waals surface area contributed by atoms with Crippen LogP contribution < -0.4 is 5.32 Å². The number of thiophene rings is 1. The van der Waals surface area contributed by atoms with Gasteiger partial charge in [-0.25, -0.2) is 8.42 Å². The van der Waals surface area contributed by atoms with Gasteiger partial charge in [-0.05, 0) is 25.0 Å². The van der Waals surface area contributed by atoms with E-state index in [1.165, 1.54) is 6.07 Å². The maximum atomic E-state index is 11.6. The second kappa shape index (κ2) is 4.96. The standard InChI is InChI=1S/C10H12ClNO3S2/c11-17(14,15)9-5-4-8(16-9)6-12-10(13)7-2-1-3-7/h4-5,7H,1-3,6H2,(H,12,13). The van der Waals surface area contributed by atoms with E-state index in [1.807, 2.05) is 0 Å². The molecule has 0 aromatic carbocycles. The molecule has 1 aliphatic rings. The average molecular weight is 294 g/mol. The van der Waals surface area contributed by atoms with Gasteiger partial charge < -0.3 is 5.32 Å². The molecular formula is C10H12ClNO3S2. The van der Waals surface area contributed by atoms with Crippen molar-refractivity contribution in [3.63, 3.8) is 0 Å². The zero-order valence-corrected chi connectivity index (χ0v) is 11.4. The summed E-state index contributed by atoms with van der Waals surface area (Å²) in [7, 11) is 1.56. The smallest absolute Gasteiger partial charge is 0.270 e. The summed E-state index contributed by atoms with van der Waals surface area (Å²) in [6.07, 6.45) is 3.03. The van der Waals surface area contributed by atoms with Gasteiger partial charge in [0.1, 0.15) is 4.21 Å². The highest BCUT2D eigenvalue weighted by Crippen LogP contribution is 2.27. The molecule has 1 amide bonds. The summed E-state index contributed by atoms with van der Waals surface area (Å²) in [4.78, 5) is 12.3. The van der Waals surface area contributed by atoms with Gasteiger partial charge in [0.2, 0.25) is 5.91 Å². The fourth-order valence-electron chi connectivity index (χ4n) is 1.57. The Morgan fingerprint density at radius 2 is 2.18 bits per heavy atom. The second-order valence-corrected chi connectivity index (χ2v) is 7.97. The van der Waals surface area contributed by atoms with Crippen LogP contribution in [0.3, 0.4) is 0 Å². The first-order valence-corrected chi connectivity index (χ1v) is 8.40. The van der Waals surface area contributed by atoms with E-state index in [0.717, 1.165) is 35.5 Å². The third kappa shape index (κ3) is 3.20. The van der Waals surface area contributed by atoms with Crippen molar-refractivity contribution in [1.29, 1.82) is 0 Å². The number of halogens is 1. The predicted octanol–water partition coefficient (Wildman–Crippen LogP) is 2.09. The van der Waals surface area contributed by atoms with Crippen molar-refractivity contribution in [2.24, 2.45) is 5.92 Å². The van der Waals surface area contributed by atoms with E-state index in [9.17, 15) is 13.2 Å². The number of hydrogen-bond acceptors (Lipinski definition) is 4. The summed E-state index contributed by atoms with van der Waals surface area (Å²) < 4.78 is 22.2. The van der Waals surface area contributed by atoms with Crippen molar-refractivity contribution in [2.45, 2.75) is 30.0 Å². The normalized spacial score (nSPS) is 16.5. The number of amides is 1. The van der Waals surface area contributed by atoms with Gasteiger partial charge in [0.25, 0.3) is 9.05 Å². The third-order valence-electron chi connectivity index (χ3n) is 2.79. The summed E-state index contributed by atoms with van der Waals surface area (Å²) in [6, 6.07) is 3.12. The lowest BCUT2D eigenvalue weighted by Gasteiger charge is -2.23. The fourth-order valence-corrected chi connectivity index (χ4v) is 3.64. The highest BCUT2D eigenvalue weighted by atomic mass is 35.7. The molecule has 0 aliphatic heterocycles. The van der Waals surface area contributed by atoms with Crippen molar-refractivity contribution in [3.05, 3.63) is 17.0 Å². The Kier molecular flexibility index (Phi) is 3.75. The van der Waals surface area contributed by atoms with E-state index in [0.29, 0.717) is 6.54 Å². The highest BCUT2D eigenvalue weighted by Gasteiger charge is 2.24. The van der Waals surface area contributed by atoms with Gasteiger partial charge in [0.05, 0.1) is 6.54 Å². The number of hydrogen-bond donors (Lipinski definition) is 1. The number of carbonyl (C=O) groups is 1. The summed E-state index contributed by atoms with van der Waals surface area (Å²) in [5, 5.41) is 2.80. The largest absolute Gasteiger partial charge is 0.351 e. The lowest BCUT2D eigenvalue weighted by atomic mass is 9.85. The molecule has 2 rings (SSSR count). The minimum atomic E-state index is -3.65. The molecule has 1 heterocycles. The highest BCUT2D eigenvalue weighted by molar-refractivity contribution is 8.15. The van der Waals surface area contributed by atoms with Crippen molar-refractivity contribution >= 4 is 37.0 Å². The molecule has 0 spiro atoms. The molecule has 7 heteroatoms. The van der Waals surface area contributed by atoms with E-state index in [1.54, 1.807) is 6.07 Å². The zero-order valence-electron chi connectivity index (χ0n) is 8.98. The average Bonchev–Trinajstić information content (AvgIpc) is 2.59. The SMILES string of the molecule is O=C(NCc1ccc(S(=O)(=O)Cl)s1)C1CCC1. The Balaban J connectivity index is 1.91. The number of carbonyl (C=O) groups excluding carboxylic acids is 1. The van der Waals surface area contributed by atoms with Gasteiger partial charge in [-0.1, -0.05) is 6.42 Å². The minimum Gasteiger partial charge on any atom is -0.351 e. The predicted molar refractivity (Wildman–Crippen MR) is 66.5 cm³/mol. The van der Waals surface area contributed by atoms with Crippen molar-refractivity contribution in [2.75, 3.05) is 0 Å². The first-order valence-electron chi connectivity index (χ1n) is 5.28. The maximum Gasteiger partial charge on any atom is 0.270 e. The van der Waals surface area contributed by atoms with E-state index in [-0.39, 0.29) is 16.0 Å². The molecule has 17 heavy (non-hydrogen) atoms. The molecule has 1 N–H and O–H groups in total. The molecule has 94 valence electrons. The first-order chi connectivity index (χ1) is 7.97. The summed E-state index contributed by atoms with van der Waals surface area (Å²) in [5.41, 5.74) is 0. The Labute approximate surface area is 108 Å². The van der Waals surface area contributed by atoms with Crippen LogP contribution in [0.1, 0.15) is 24.1 Å². The number of rotatable bonds is 4. The summed E-state index contributed by atoms with van der Waals surface area (Å²) >= 11 is 1.08. The van der Waals surface area contributed by atoms with E-state index >= 15 is 0 Å². The van der Waals surface area contributed by atoms with Gasteiger partial charge >= 0.3 is 0 Å². The molecule has 1 fully saturated rings. The molecule has 0 bridgehead atoms. The van der Waals surface area contributed by atoms with Gasteiger partial charge in [-0.2, -0.15) is 0 Å². The quantitative estimate of drug-likeness (QED) is 0.865. The van der Waals surface area contributed by atoms with Crippen LogP contribution in [0.15, 0.2) is 16.3 Å². The summed E-state index contributed by atoms with van der Waals surface area (Å²) in [6.45, 7) is 0.367. The van der Waals surface area contributed by atoms with Crippen LogP contribution in [0.2, 0.25) is 0 Å². The second-order valence-electron chi connectivity index (χ2n) is 4.00. The van der Waals surface area contributed by atoms with Crippen LogP contribution in [0.25, 0.3) is 0 Å². The van der Waals surface area contributed by atoms with Crippen molar-refractivity contribution in [3.8, 4) is 0 Å². The van der Waals surface area contributed by atoms with Crippen LogP contribution >= 0.6 is 22.0 Å². The van der Waals surface area contributed by atoms with E-state index in [2.05, 4.69) is 5.32 Å². The Bertz CT molecular complexity index is 519. The van der Waals surface area contributed by atoms with Crippen molar-refractivity contribution in [1.82, 2.24) is 5.32 Å². The minimum absolute atomic E-state index is 0.0555. The van der Waals surface area contributed by atoms with Gasteiger partial charge in [-0.15, -0.1) is 11.3 Å². The molecule has 1 saturated carbocycles. The first kappa shape index (κ1) is 12.9.